The molecular formula is C13H12FN3O. The highest BCUT2D eigenvalue weighted by Gasteiger charge is 2.10. The number of aliphatic hydroxyl groups excluding tert-OH is 1. The molecule has 1 N–H and O–H groups in total. The molecule has 2 aromatic rings. The zero-order valence-electron chi connectivity index (χ0n) is 9.67. The summed E-state index contributed by atoms with van der Waals surface area (Å²) in [6.07, 6.45) is 2.06. The summed E-state index contributed by atoms with van der Waals surface area (Å²) >= 11 is 0. The molecule has 0 radical (unpaired) electrons. The maximum Gasteiger partial charge on any atom is 0.123 e. The fourth-order valence-corrected chi connectivity index (χ4v) is 1.71. The largest absolute Gasteiger partial charge is 0.392 e. The van der Waals surface area contributed by atoms with Crippen molar-refractivity contribution in [3.63, 3.8) is 0 Å². The van der Waals surface area contributed by atoms with E-state index in [1.165, 1.54) is 12.1 Å². The fraction of sp³-hybridized carbons (Fsp3) is 0.231. The predicted octanol–water partition coefficient (Wildman–Crippen LogP) is 2.10. The van der Waals surface area contributed by atoms with Gasteiger partial charge in [-0.1, -0.05) is 0 Å². The summed E-state index contributed by atoms with van der Waals surface area (Å²) in [4.78, 5) is 0. The third kappa shape index (κ3) is 2.55. The fourth-order valence-electron chi connectivity index (χ4n) is 1.71. The summed E-state index contributed by atoms with van der Waals surface area (Å²) in [7, 11) is 0. The van der Waals surface area contributed by atoms with Crippen LogP contribution in [0.2, 0.25) is 0 Å². The summed E-state index contributed by atoms with van der Waals surface area (Å²) in [6.45, 7) is 0.337. The number of benzene rings is 1. The van der Waals surface area contributed by atoms with Crippen molar-refractivity contribution in [2.45, 2.75) is 19.6 Å². The highest BCUT2D eigenvalue weighted by Crippen LogP contribution is 2.22. The number of nitriles is 1. The molecule has 1 aromatic heterocycles. The van der Waals surface area contributed by atoms with E-state index in [2.05, 4.69) is 5.10 Å². The summed E-state index contributed by atoms with van der Waals surface area (Å²) in [5.41, 5.74) is 2.03. The molecule has 0 bridgehead atoms. The van der Waals surface area contributed by atoms with Crippen molar-refractivity contribution in [2.24, 2.45) is 0 Å². The number of rotatable bonds is 4. The molecule has 2 rings (SSSR count). The highest BCUT2D eigenvalue weighted by molar-refractivity contribution is 5.62. The van der Waals surface area contributed by atoms with Gasteiger partial charge >= 0.3 is 0 Å². The van der Waals surface area contributed by atoms with Crippen molar-refractivity contribution >= 4 is 0 Å². The molecular weight excluding hydrogens is 233 g/mol. The normalized spacial score (nSPS) is 10.3. The van der Waals surface area contributed by atoms with Gasteiger partial charge in [0.1, 0.15) is 5.82 Å². The molecule has 0 aliphatic heterocycles. The molecule has 4 nitrogen and oxygen atoms in total. The monoisotopic (exact) mass is 245 g/mol. The standard InChI is InChI=1S/C13H12FN3O/c14-12-4-2-10(3-5-12)13-11(9-18)8-17(16-13)7-1-6-15/h2-5,8,18H,1,7,9H2. The number of aromatic nitrogens is 2. The smallest absolute Gasteiger partial charge is 0.123 e. The third-order valence-electron chi connectivity index (χ3n) is 2.58. The van der Waals surface area contributed by atoms with Gasteiger partial charge in [0, 0.05) is 17.3 Å². The second kappa shape index (κ2) is 5.43. The lowest BCUT2D eigenvalue weighted by Gasteiger charge is -1.99. The Morgan fingerprint density at radius 2 is 2.06 bits per heavy atom. The number of aryl methyl sites for hydroxylation is 1. The van der Waals surface area contributed by atoms with Gasteiger partial charge < -0.3 is 5.11 Å². The van der Waals surface area contributed by atoms with Crippen LogP contribution in [0, 0.1) is 17.1 Å². The maximum atomic E-state index is 12.8. The van der Waals surface area contributed by atoms with Crippen molar-refractivity contribution in [1.29, 1.82) is 5.26 Å². The third-order valence-corrected chi connectivity index (χ3v) is 2.58. The van der Waals surface area contributed by atoms with Gasteiger partial charge in [-0.05, 0) is 24.3 Å². The molecule has 0 amide bonds. The highest BCUT2D eigenvalue weighted by atomic mass is 19.1. The van der Waals surface area contributed by atoms with Crippen molar-refractivity contribution in [2.75, 3.05) is 0 Å². The van der Waals surface area contributed by atoms with Gasteiger partial charge in [-0.2, -0.15) is 10.4 Å². The molecule has 0 aliphatic rings. The SMILES string of the molecule is N#CCCn1cc(CO)c(-c2ccc(F)cc2)n1. The summed E-state index contributed by atoms with van der Waals surface area (Å²) < 4.78 is 14.5. The van der Waals surface area contributed by atoms with Crippen LogP contribution in [-0.2, 0) is 13.2 Å². The van der Waals surface area contributed by atoms with E-state index in [-0.39, 0.29) is 12.4 Å². The zero-order valence-corrected chi connectivity index (χ0v) is 9.67. The molecule has 92 valence electrons. The average molecular weight is 245 g/mol. The Bertz CT molecular complexity index is 569. The van der Waals surface area contributed by atoms with Gasteiger partial charge in [0.2, 0.25) is 0 Å². The first-order chi connectivity index (χ1) is 8.74. The minimum atomic E-state index is -0.312. The van der Waals surface area contributed by atoms with Gasteiger partial charge in [-0.15, -0.1) is 0 Å². The molecule has 0 unspecified atom stereocenters. The first-order valence-electron chi connectivity index (χ1n) is 5.54. The second-order valence-corrected chi connectivity index (χ2v) is 3.84. The van der Waals surface area contributed by atoms with Crippen molar-refractivity contribution < 1.29 is 9.50 Å². The van der Waals surface area contributed by atoms with Crippen LogP contribution in [0.1, 0.15) is 12.0 Å². The van der Waals surface area contributed by atoms with Gasteiger partial charge in [0.05, 0.1) is 31.3 Å². The van der Waals surface area contributed by atoms with Crippen LogP contribution in [0.25, 0.3) is 11.3 Å². The van der Waals surface area contributed by atoms with Crippen molar-refractivity contribution in [3.8, 4) is 17.3 Å². The lowest BCUT2D eigenvalue weighted by atomic mass is 10.1. The van der Waals surface area contributed by atoms with E-state index < -0.39 is 0 Å². The Hall–Kier alpha value is -2.19. The molecule has 0 spiro atoms. The van der Waals surface area contributed by atoms with Gasteiger partial charge in [0.25, 0.3) is 0 Å². The van der Waals surface area contributed by atoms with E-state index in [1.807, 2.05) is 6.07 Å². The molecule has 1 aromatic carbocycles. The topological polar surface area (TPSA) is 61.8 Å². The van der Waals surface area contributed by atoms with E-state index in [0.29, 0.717) is 24.2 Å². The van der Waals surface area contributed by atoms with E-state index >= 15 is 0 Å². The Labute approximate surface area is 104 Å². The minimum Gasteiger partial charge on any atom is -0.392 e. The van der Waals surface area contributed by atoms with Crippen LogP contribution in [0.3, 0.4) is 0 Å². The van der Waals surface area contributed by atoms with Gasteiger partial charge in [-0.3, -0.25) is 4.68 Å². The molecule has 0 atom stereocenters. The Balaban J connectivity index is 2.34. The molecule has 1 heterocycles. The van der Waals surface area contributed by atoms with Gasteiger partial charge in [-0.25, -0.2) is 4.39 Å². The van der Waals surface area contributed by atoms with E-state index in [9.17, 15) is 9.50 Å². The average Bonchev–Trinajstić information content (AvgIpc) is 2.80. The predicted molar refractivity (Wildman–Crippen MR) is 63.8 cm³/mol. The number of halogens is 1. The maximum absolute atomic E-state index is 12.8. The number of hydrogen-bond donors (Lipinski definition) is 1. The van der Waals surface area contributed by atoms with E-state index in [1.54, 1.807) is 23.0 Å². The molecule has 18 heavy (non-hydrogen) atoms. The second-order valence-electron chi connectivity index (χ2n) is 3.84. The Kier molecular flexibility index (Phi) is 3.70. The van der Waals surface area contributed by atoms with E-state index in [0.717, 1.165) is 5.56 Å². The quantitative estimate of drug-likeness (QED) is 0.897. The first kappa shape index (κ1) is 12.3. The summed E-state index contributed by atoms with van der Waals surface area (Å²) in [5, 5.41) is 22.1. The zero-order chi connectivity index (χ0) is 13.0. The Morgan fingerprint density at radius 1 is 1.33 bits per heavy atom. The van der Waals surface area contributed by atoms with Crippen LogP contribution >= 0.6 is 0 Å². The molecule has 0 aliphatic carbocycles. The van der Waals surface area contributed by atoms with E-state index in [4.69, 9.17) is 5.26 Å². The first-order valence-corrected chi connectivity index (χ1v) is 5.54. The molecule has 0 fully saturated rings. The molecule has 5 heteroatoms. The minimum absolute atomic E-state index is 0.140. The number of aliphatic hydroxyl groups is 1. The molecule has 0 saturated heterocycles. The lowest BCUT2D eigenvalue weighted by Crippen LogP contribution is -1.97. The van der Waals surface area contributed by atoms with Crippen LogP contribution < -0.4 is 0 Å². The Morgan fingerprint density at radius 3 is 2.67 bits per heavy atom. The van der Waals surface area contributed by atoms with Crippen LogP contribution in [0.15, 0.2) is 30.5 Å². The van der Waals surface area contributed by atoms with Gasteiger partial charge in [0.15, 0.2) is 0 Å². The summed E-state index contributed by atoms with van der Waals surface area (Å²) in [6, 6.07) is 7.97. The van der Waals surface area contributed by atoms with Crippen LogP contribution in [0.4, 0.5) is 4.39 Å². The molecule has 0 saturated carbocycles. The van der Waals surface area contributed by atoms with Crippen molar-refractivity contribution in [3.05, 3.63) is 41.8 Å². The van der Waals surface area contributed by atoms with Crippen molar-refractivity contribution in [1.82, 2.24) is 9.78 Å². The lowest BCUT2D eigenvalue weighted by molar-refractivity contribution is 0.282. The van der Waals surface area contributed by atoms with Crippen LogP contribution in [0.5, 0.6) is 0 Å². The van der Waals surface area contributed by atoms with Crippen LogP contribution in [-0.4, -0.2) is 14.9 Å². The number of nitrogens with zero attached hydrogens (tertiary/aromatic N) is 3. The number of hydrogen-bond acceptors (Lipinski definition) is 3. The summed E-state index contributed by atoms with van der Waals surface area (Å²) in [5.74, 6) is -0.312.